The maximum Gasteiger partial charge on any atom is 0.137 e. The highest BCUT2D eigenvalue weighted by Crippen LogP contribution is 2.45. The van der Waals surface area contributed by atoms with Gasteiger partial charge in [-0.2, -0.15) is 0 Å². The number of anilines is 3. The van der Waals surface area contributed by atoms with Gasteiger partial charge in [-0.05, 0) is 89.6 Å². The average molecular weight is 641 g/mol. The molecule has 234 valence electrons. The first-order valence-corrected chi connectivity index (χ1v) is 16.9. The van der Waals surface area contributed by atoms with Crippen molar-refractivity contribution in [3.05, 3.63) is 170 Å². The molecule has 8 aromatic carbocycles. The molecule has 0 spiro atoms. The molecule has 0 saturated heterocycles. The first-order valence-electron chi connectivity index (χ1n) is 16.9. The van der Waals surface area contributed by atoms with E-state index < -0.39 is 0 Å². The van der Waals surface area contributed by atoms with Crippen molar-refractivity contribution < 1.29 is 8.83 Å². The molecular weight excluding hydrogens is 613 g/mol. The Morgan fingerprint density at radius 1 is 0.380 bits per heavy atom. The van der Waals surface area contributed by atoms with E-state index in [0.717, 1.165) is 82.9 Å². The summed E-state index contributed by atoms with van der Waals surface area (Å²) < 4.78 is 15.0. The van der Waals surface area contributed by atoms with Crippen molar-refractivity contribution in [3.63, 3.8) is 0 Å². The van der Waals surface area contributed by atoms with Crippen LogP contribution in [-0.4, -0.2) is 4.57 Å². The van der Waals surface area contributed by atoms with Crippen LogP contribution in [0.15, 0.2) is 179 Å². The smallest absolute Gasteiger partial charge is 0.137 e. The maximum absolute atomic E-state index is 6.41. The molecule has 11 aromatic rings. The van der Waals surface area contributed by atoms with E-state index in [1.807, 2.05) is 24.3 Å². The molecule has 0 amide bonds. The van der Waals surface area contributed by atoms with Gasteiger partial charge in [-0.15, -0.1) is 0 Å². The average Bonchev–Trinajstić information content (AvgIpc) is 3.84. The third-order valence-electron chi connectivity index (χ3n) is 10.1. The number of fused-ring (bicyclic) bond motifs is 10. The van der Waals surface area contributed by atoms with E-state index >= 15 is 0 Å². The van der Waals surface area contributed by atoms with Gasteiger partial charge in [0.25, 0.3) is 0 Å². The molecule has 50 heavy (non-hydrogen) atoms. The van der Waals surface area contributed by atoms with Crippen molar-refractivity contribution in [1.29, 1.82) is 0 Å². The summed E-state index contributed by atoms with van der Waals surface area (Å²) in [6.07, 6.45) is 0. The van der Waals surface area contributed by atoms with Crippen molar-refractivity contribution in [2.45, 2.75) is 0 Å². The number of furan rings is 2. The quantitative estimate of drug-likeness (QED) is 0.192. The lowest BCUT2D eigenvalue weighted by Gasteiger charge is -2.27. The zero-order chi connectivity index (χ0) is 32.8. The van der Waals surface area contributed by atoms with Crippen LogP contribution in [0.2, 0.25) is 0 Å². The van der Waals surface area contributed by atoms with Crippen molar-refractivity contribution in [2.75, 3.05) is 4.90 Å². The summed E-state index contributed by atoms with van der Waals surface area (Å²) in [5.74, 6) is 0. The molecule has 0 atom stereocenters. The van der Waals surface area contributed by atoms with Crippen LogP contribution in [0.3, 0.4) is 0 Å². The summed E-state index contributed by atoms with van der Waals surface area (Å²) in [5.41, 5.74) is 10.2. The van der Waals surface area contributed by atoms with Gasteiger partial charge in [-0.1, -0.05) is 91.0 Å². The number of nitrogens with zero attached hydrogens (tertiary/aromatic N) is 2. The van der Waals surface area contributed by atoms with E-state index in [0.29, 0.717) is 0 Å². The zero-order valence-electron chi connectivity index (χ0n) is 26.9. The topological polar surface area (TPSA) is 34.5 Å². The molecule has 0 aliphatic carbocycles. The molecule has 3 heterocycles. The van der Waals surface area contributed by atoms with Gasteiger partial charge in [-0.3, -0.25) is 0 Å². The molecule has 0 radical (unpaired) electrons. The van der Waals surface area contributed by atoms with Crippen molar-refractivity contribution in [3.8, 4) is 5.69 Å². The molecule has 0 aliphatic rings. The van der Waals surface area contributed by atoms with Gasteiger partial charge in [0.15, 0.2) is 0 Å². The van der Waals surface area contributed by atoms with Gasteiger partial charge < -0.3 is 18.3 Å². The predicted octanol–water partition coefficient (Wildman–Crippen LogP) is 13.2. The summed E-state index contributed by atoms with van der Waals surface area (Å²) in [6.45, 7) is 0. The number of para-hydroxylation sites is 4. The second-order valence-corrected chi connectivity index (χ2v) is 13.0. The summed E-state index contributed by atoms with van der Waals surface area (Å²) in [7, 11) is 0. The number of hydrogen-bond acceptors (Lipinski definition) is 3. The molecule has 0 N–H and O–H groups in total. The minimum absolute atomic E-state index is 0.862. The molecular formula is C46H28N2O2. The van der Waals surface area contributed by atoms with Crippen LogP contribution >= 0.6 is 0 Å². The van der Waals surface area contributed by atoms with Crippen LogP contribution in [-0.2, 0) is 0 Å². The lowest BCUT2D eigenvalue weighted by atomic mass is 10.0. The fraction of sp³-hybridized carbons (Fsp3) is 0. The Kier molecular flexibility index (Phi) is 5.63. The van der Waals surface area contributed by atoms with Gasteiger partial charge in [0.05, 0.1) is 22.1 Å². The summed E-state index contributed by atoms with van der Waals surface area (Å²) in [6, 6.07) is 60.2. The minimum Gasteiger partial charge on any atom is -0.456 e. The van der Waals surface area contributed by atoms with Gasteiger partial charge in [0.2, 0.25) is 0 Å². The zero-order valence-corrected chi connectivity index (χ0v) is 26.9. The number of benzene rings is 8. The summed E-state index contributed by atoms with van der Waals surface area (Å²) >= 11 is 0. The Balaban J connectivity index is 1.21. The van der Waals surface area contributed by atoms with Gasteiger partial charge in [-0.25, -0.2) is 0 Å². The molecule has 0 saturated carbocycles. The van der Waals surface area contributed by atoms with E-state index in [1.165, 1.54) is 16.3 Å². The monoisotopic (exact) mass is 640 g/mol. The molecule has 0 bridgehead atoms. The number of aromatic nitrogens is 1. The number of rotatable bonds is 4. The fourth-order valence-electron chi connectivity index (χ4n) is 7.92. The Hall–Kier alpha value is -6.78. The Morgan fingerprint density at radius 3 is 1.92 bits per heavy atom. The Morgan fingerprint density at radius 2 is 1.04 bits per heavy atom. The molecule has 3 aromatic heterocycles. The largest absolute Gasteiger partial charge is 0.456 e. The predicted molar refractivity (Wildman–Crippen MR) is 208 cm³/mol. The van der Waals surface area contributed by atoms with Crippen LogP contribution in [0.1, 0.15) is 0 Å². The molecule has 0 fully saturated rings. The first-order chi connectivity index (χ1) is 24.8. The van der Waals surface area contributed by atoms with E-state index in [9.17, 15) is 0 Å². The highest BCUT2D eigenvalue weighted by atomic mass is 16.3. The van der Waals surface area contributed by atoms with Crippen LogP contribution in [0.4, 0.5) is 17.1 Å². The standard InChI is InChI=1S/C46H28N2O2/c1-2-11-31(12-3-1)48-39-16-7-4-13-34(39)35-24-23-33(28-41(35)48)47(40-17-10-20-44-46(40)37-15-6-9-19-43(37)49-44)32-22-21-29-27-45-38(26-30(29)25-32)36-14-5-8-18-42(36)50-45/h1-28H. The maximum atomic E-state index is 6.41. The second kappa shape index (κ2) is 10.4. The molecule has 4 nitrogen and oxygen atoms in total. The van der Waals surface area contributed by atoms with Crippen LogP contribution in [0.5, 0.6) is 0 Å². The van der Waals surface area contributed by atoms with Crippen molar-refractivity contribution >= 4 is 93.5 Å². The van der Waals surface area contributed by atoms with Crippen LogP contribution in [0, 0.1) is 0 Å². The second-order valence-electron chi connectivity index (χ2n) is 13.0. The summed E-state index contributed by atoms with van der Waals surface area (Å²) in [5, 5.41) is 9.15. The highest BCUT2D eigenvalue weighted by molar-refractivity contribution is 6.15. The molecule has 11 rings (SSSR count). The van der Waals surface area contributed by atoms with Crippen molar-refractivity contribution in [2.24, 2.45) is 0 Å². The minimum atomic E-state index is 0.862. The van der Waals surface area contributed by atoms with Gasteiger partial charge in [0, 0.05) is 44.0 Å². The summed E-state index contributed by atoms with van der Waals surface area (Å²) in [4.78, 5) is 2.38. The fourth-order valence-corrected chi connectivity index (χ4v) is 7.92. The van der Waals surface area contributed by atoms with Gasteiger partial charge >= 0.3 is 0 Å². The van der Waals surface area contributed by atoms with E-state index in [-0.39, 0.29) is 0 Å². The highest BCUT2D eigenvalue weighted by Gasteiger charge is 2.22. The first kappa shape index (κ1) is 27.2. The third kappa shape index (κ3) is 3.93. The van der Waals surface area contributed by atoms with Crippen molar-refractivity contribution in [1.82, 2.24) is 4.57 Å². The van der Waals surface area contributed by atoms with E-state index in [1.54, 1.807) is 0 Å². The molecule has 4 heteroatoms. The SMILES string of the molecule is c1ccc(-n2c3ccccc3c3ccc(N(c4ccc5cc6oc7ccccc7c6cc5c4)c4cccc5oc6ccccc6c45)cc32)cc1. The Labute approximate surface area is 286 Å². The van der Waals surface area contributed by atoms with Crippen LogP contribution in [0.25, 0.3) is 82.1 Å². The lowest BCUT2D eigenvalue weighted by molar-refractivity contribution is 0.668. The molecule has 0 unspecified atom stereocenters. The van der Waals surface area contributed by atoms with Gasteiger partial charge in [0.1, 0.15) is 22.3 Å². The van der Waals surface area contributed by atoms with E-state index in [4.69, 9.17) is 8.83 Å². The molecule has 0 aliphatic heterocycles. The third-order valence-corrected chi connectivity index (χ3v) is 10.1. The normalized spacial score (nSPS) is 12.0. The Bertz CT molecular complexity index is 3110. The van der Waals surface area contributed by atoms with E-state index in [2.05, 4.69) is 155 Å². The van der Waals surface area contributed by atoms with Crippen LogP contribution < -0.4 is 4.90 Å². The number of hydrogen-bond donors (Lipinski definition) is 0. The lowest BCUT2D eigenvalue weighted by Crippen LogP contribution is -2.10.